The lowest BCUT2D eigenvalue weighted by Gasteiger charge is -2.29. The lowest BCUT2D eigenvalue weighted by molar-refractivity contribution is -0.143. The van der Waals surface area contributed by atoms with Crippen LogP contribution in [-0.2, 0) is 11.3 Å². The highest BCUT2D eigenvalue weighted by Gasteiger charge is 2.31. The molecule has 2 unspecified atom stereocenters. The molecule has 1 aromatic heterocycles. The Labute approximate surface area is 124 Å². The molecule has 1 saturated carbocycles. The van der Waals surface area contributed by atoms with Crippen LogP contribution in [0.3, 0.4) is 0 Å². The van der Waals surface area contributed by atoms with Crippen molar-refractivity contribution in [3.05, 3.63) is 29.6 Å². The molecule has 6 nitrogen and oxygen atoms in total. The van der Waals surface area contributed by atoms with Crippen molar-refractivity contribution in [3.8, 4) is 0 Å². The summed E-state index contributed by atoms with van der Waals surface area (Å²) in [6.45, 7) is 2.34. The van der Waals surface area contributed by atoms with E-state index < -0.39 is 11.9 Å². The molecule has 0 bridgehead atoms. The second-order valence-electron chi connectivity index (χ2n) is 5.46. The van der Waals surface area contributed by atoms with Crippen molar-refractivity contribution in [2.24, 2.45) is 5.92 Å². The molecule has 1 aromatic rings. The number of amides is 2. The minimum atomic E-state index is -0.829. The Morgan fingerprint density at radius 1 is 1.38 bits per heavy atom. The Hall–Kier alpha value is -2.11. The van der Waals surface area contributed by atoms with E-state index in [0.29, 0.717) is 13.0 Å². The number of carboxylic acids is 1. The third-order valence-corrected chi connectivity index (χ3v) is 3.98. The zero-order valence-electron chi connectivity index (χ0n) is 12.1. The molecule has 2 amide bonds. The van der Waals surface area contributed by atoms with Gasteiger partial charge in [-0.15, -0.1) is 0 Å². The molecule has 3 N–H and O–H groups in total. The minimum Gasteiger partial charge on any atom is -0.481 e. The van der Waals surface area contributed by atoms with Crippen LogP contribution in [0.4, 0.5) is 4.79 Å². The molecule has 0 aliphatic heterocycles. The molecular weight excluding hydrogens is 270 g/mol. The van der Waals surface area contributed by atoms with Crippen LogP contribution >= 0.6 is 0 Å². The third kappa shape index (κ3) is 4.18. The number of hydrogen-bond donors (Lipinski definition) is 3. The predicted octanol–water partition coefficient (Wildman–Crippen LogP) is 1.83. The number of nitrogens with one attached hydrogen (secondary N) is 2. The fraction of sp³-hybridized carbons (Fsp3) is 0.533. The van der Waals surface area contributed by atoms with Crippen LogP contribution in [0.25, 0.3) is 0 Å². The molecule has 0 saturated heterocycles. The first-order valence-electron chi connectivity index (χ1n) is 7.24. The predicted molar refractivity (Wildman–Crippen MR) is 77.7 cm³/mol. The van der Waals surface area contributed by atoms with Crippen LogP contribution in [0, 0.1) is 12.8 Å². The Bertz CT molecular complexity index is 519. The number of carbonyl (C=O) groups is 2. The summed E-state index contributed by atoms with van der Waals surface area (Å²) in [5, 5.41) is 14.8. The Morgan fingerprint density at radius 2 is 2.14 bits per heavy atom. The van der Waals surface area contributed by atoms with Crippen molar-refractivity contribution in [2.45, 2.75) is 45.2 Å². The summed E-state index contributed by atoms with van der Waals surface area (Å²) in [6, 6.07) is 1.26. The van der Waals surface area contributed by atoms with Gasteiger partial charge in [-0.2, -0.15) is 0 Å². The molecule has 21 heavy (non-hydrogen) atoms. The standard InChI is InChI=1S/C15H21N3O3/c1-10-8-16-7-6-11(10)9-17-15(21)18-13-5-3-2-4-12(13)14(19)20/h6-8,12-13H,2-5,9H2,1H3,(H,19,20)(H2,17,18,21). The molecule has 2 rings (SSSR count). The smallest absolute Gasteiger partial charge is 0.315 e. The monoisotopic (exact) mass is 291 g/mol. The van der Waals surface area contributed by atoms with Gasteiger partial charge in [-0.1, -0.05) is 12.8 Å². The number of nitrogens with zero attached hydrogens (tertiary/aromatic N) is 1. The van der Waals surface area contributed by atoms with Crippen LogP contribution in [0.15, 0.2) is 18.5 Å². The normalized spacial score (nSPS) is 21.6. The van der Waals surface area contributed by atoms with Gasteiger partial charge in [0.05, 0.1) is 5.92 Å². The highest BCUT2D eigenvalue weighted by atomic mass is 16.4. The Kier molecular flexibility index (Phi) is 5.14. The molecule has 1 aliphatic rings. The molecule has 6 heteroatoms. The largest absolute Gasteiger partial charge is 0.481 e. The van der Waals surface area contributed by atoms with Crippen molar-refractivity contribution in [1.82, 2.24) is 15.6 Å². The number of carboxylic acid groups (broad SMARTS) is 1. The summed E-state index contributed by atoms with van der Waals surface area (Å²) in [5.41, 5.74) is 2.01. The maximum atomic E-state index is 11.9. The average Bonchev–Trinajstić information content (AvgIpc) is 2.47. The highest BCUT2D eigenvalue weighted by Crippen LogP contribution is 2.24. The highest BCUT2D eigenvalue weighted by molar-refractivity contribution is 5.76. The number of aryl methyl sites for hydroxylation is 1. The molecule has 0 aromatic carbocycles. The van der Waals surface area contributed by atoms with Crippen LogP contribution in [0.1, 0.15) is 36.8 Å². The number of aliphatic carboxylic acids is 1. The van der Waals surface area contributed by atoms with Gasteiger partial charge in [0, 0.05) is 25.0 Å². The summed E-state index contributed by atoms with van der Waals surface area (Å²) < 4.78 is 0. The second-order valence-corrected chi connectivity index (χ2v) is 5.46. The van der Waals surface area contributed by atoms with E-state index in [0.717, 1.165) is 30.4 Å². The van der Waals surface area contributed by atoms with E-state index in [-0.39, 0.29) is 12.1 Å². The number of urea groups is 1. The van der Waals surface area contributed by atoms with Crippen LogP contribution in [-0.4, -0.2) is 28.1 Å². The van der Waals surface area contributed by atoms with Gasteiger partial charge in [0.15, 0.2) is 0 Å². The molecule has 1 aliphatic carbocycles. The van der Waals surface area contributed by atoms with Gasteiger partial charge < -0.3 is 15.7 Å². The summed E-state index contributed by atoms with van der Waals surface area (Å²) in [4.78, 5) is 27.1. The number of rotatable bonds is 4. The zero-order chi connectivity index (χ0) is 15.2. The number of hydrogen-bond acceptors (Lipinski definition) is 3. The molecular formula is C15H21N3O3. The average molecular weight is 291 g/mol. The number of carbonyl (C=O) groups excluding carboxylic acids is 1. The SMILES string of the molecule is Cc1cnccc1CNC(=O)NC1CCCCC1C(=O)O. The van der Waals surface area contributed by atoms with Crippen LogP contribution < -0.4 is 10.6 Å². The lowest BCUT2D eigenvalue weighted by Crippen LogP contribution is -2.48. The van der Waals surface area contributed by atoms with Crippen LogP contribution in [0.2, 0.25) is 0 Å². The van der Waals surface area contributed by atoms with Gasteiger partial charge >= 0.3 is 12.0 Å². The topological polar surface area (TPSA) is 91.3 Å². The summed E-state index contributed by atoms with van der Waals surface area (Å²) in [5.74, 6) is -1.31. The first kappa shape index (κ1) is 15.3. The van der Waals surface area contributed by atoms with Crippen molar-refractivity contribution < 1.29 is 14.7 Å². The van der Waals surface area contributed by atoms with Gasteiger partial charge in [0.1, 0.15) is 0 Å². The van der Waals surface area contributed by atoms with Gasteiger partial charge in [0.25, 0.3) is 0 Å². The molecule has 0 spiro atoms. The van der Waals surface area contributed by atoms with E-state index in [1.807, 2.05) is 13.0 Å². The fourth-order valence-corrected chi connectivity index (χ4v) is 2.69. The summed E-state index contributed by atoms with van der Waals surface area (Å²) in [6.07, 6.45) is 6.65. The van der Waals surface area contributed by atoms with Gasteiger partial charge in [0.2, 0.25) is 0 Å². The summed E-state index contributed by atoms with van der Waals surface area (Å²) >= 11 is 0. The third-order valence-electron chi connectivity index (χ3n) is 3.98. The van der Waals surface area contributed by atoms with E-state index >= 15 is 0 Å². The summed E-state index contributed by atoms with van der Waals surface area (Å²) in [7, 11) is 0. The molecule has 1 heterocycles. The van der Waals surface area contributed by atoms with E-state index in [2.05, 4.69) is 15.6 Å². The lowest BCUT2D eigenvalue weighted by atomic mass is 9.84. The molecule has 114 valence electrons. The van der Waals surface area contributed by atoms with E-state index in [9.17, 15) is 14.7 Å². The molecule has 0 radical (unpaired) electrons. The quantitative estimate of drug-likeness (QED) is 0.789. The fourth-order valence-electron chi connectivity index (χ4n) is 2.69. The van der Waals surface area contributed by atoms with Crippen molar-refractivity contribution in [3.63, 3.8) is 0 Å². The second kappa shape index (κ2) is 7.06. The van der Waals surface area contributed by atoms with E-state index in [4.69, 9.17) is 0 Å². The van der Waals surface area contributed by atoms with Crippen molar-refractivity contribution in [1.29, 1.82) is 0 Å². The number of pyridine rings is 1. The molecule has 1 fully saturated rings. The van der Waals surface area contributed by atoms with Gasteiger partial charge in [-0.3, -0.25) is 9.78 Å². The Balaban J connectivity index is 1.86. The minimum absolute atomic E-state index is 0.283. The number of aromatic nitrogens is 1. The zero-order valence-corrected chi connectivity index (χ0v) is 12.1. The maximum Gasteiger partial charge on any atom is 0.315 e. The van der Waals surface area contributed by atoms with Crippen molar-refractivity contribution in [2.75, 3.05) is 0 Å². The van der Waals surface area contributed by atoms with E-state index in [1.165, 1.54) is 0 Å². The van der Waals surface area contributed by atoms with Gasteiger partial charge in [-0.05, 0) is 37.0 Å². The maximum absolute atomic E-state index is 11.9. The Morgan fingerprint density at radius 3 is 2.86 bits per heavy atom. The molecule has 2 atom stereocenters. The first-order valence-corrected chi connectivity index (χ1v) is 7.24. The van der Waals surface area contributed by atoms with E-state index in [1.54, 1.807) is 12.4 Å². The van der Waals surface area contributed by atoms with Crippen LogP contribution in [0.5, 0.6) is 0 Å². The van der Waals surface area contributed by atoms with Crippen molar-refractivity contribution >= 4 is 12.0 Å². The first-order chi connectivity index (χ1) is 10.1. The van der Waals surface area contributed by atoms with Gasteiger partial charge in [-0.25, -0.2) is 4.79 Å².